The van der Waals surface area contributed by atoms with E-state index in [9.17, 15) is 4.79 Å². The third-order valence-electron chi connectivity index (χ3n) is 3.87. The molecular weight excluding hydrogens is 298 g/mol. The first kappa shape index (κ1) is 15.6. The van der Waals surface area contributed by atoms with Crippen molar-refractivity contribution in [3.63, 3.8) is 0 Å². The van der Waals surface area contributed by atoms with E-state index in [1.165, 1.54) is 6.07 Å². The van der Waals surface area contributed by atoms with E-state index in [1.807, 2.05) is 24.3 Å². The highest BCUT2D eigenvalue weighted by atomic mass is 16.5. The van der Waals surface area contributed by atoms with Crippen LogP contribution in [0.5, 0.6) is 5.75 Å². The van der Waals surface area contributed by atoms with Gasteiger partial charge in [-0.1, -0.05) is 12.1 Å². The minimum atomic E-state index is -1.05. The average Bonchev–Trinajstić information content (AvgIpc) is 3.04. The van der Waals surface area contributed by atoms with E-state index in [2.05, 4.69) is 4.90 Å². The summed E-state index contributed by atoms with van der Waals surface area (Å²) in [6, 6.07) is 11.0. The molecule has 2 aromatic rings. The molecule has 1 aromatic carbocycles. The van der Waals surface area contributed by atoms with Crippen LogP contribution in [0, 0.1) is 0 Å². The van der Waals surface area contributed by atoms with Gasteiger partial charge in [-0.3, -0.25) is 4.90 Å². The average molecular weight is 317 g/mol. The van der Waals surface area contributed by atoms with Crippen LogP contribution in [0.2, 0.25) is 0 Å². The van der Waals surface area contributed by atoms with Crippen LogP contribution in [0.15, 0.2) is 40.8 Å². The second-order valence-corrected chi connectivity index (χ2v) is 5.44. The molecule has 23 heavy (non-hydrogen) atoms. The fourth-order valence-electron chi connectivity index (χ4n) is 2.69. The predicted molar refractivity (Wildman–Crippen MR) is 82.6 cm³/mol. The first-order chi connectivity index (χ1) is 11.2. The van der Waals surface area contributed by atoms with Crippen LogP contribution in [0.3, 0.4) is 0 Å². The molecule has 122 valence electrons. The third kappa shape index (κ3) is 3.72. The lowest BCUT2D eigenvalue weighted by atomic mass is 10.1. The zero-order valence-corrected chi connectivity index (χ0v) is 12.9. The predicted octanol–water partition coefficient (Wildman–Crippen LogP) is 2.56. The van der Waals surface area contributed by atoms with Crippen molar-refractivity contribution in [2.24, 2.45) is 0 Å². The number of carboxylic acids is 1. The molecule has 1 aliphatic heterocycles. The van der Waals surface area contributed by atoms with E-state index in [1.54, 1.807) is 13.2 Å². The molecule has 0 saturated carbocycles. The minimum absolute atomic E-state index is 0.0300. The smallest absolute Gasteiger partial charge is 0.371 e. The fraction of sp³-hybridized carbons (Fsp3) is 0.353. The topological polar surface area (TPSA) is 72.1 Å². The molecule has 1 N–H and O–H groups in total. The van der Waals surface area contributed by atoms with Crippen LogP contribution >= 0.6 is 0 Å². The molecule has 6 nitrogen and oxygen atoms in total. The second kappa shape index (κ2) is 6.85. The van der Waals surface area contributed by atoms with Gasteiger partial charge in [0.2, 0.25) is 5.76 Å². The van der Waals surface area contributed by atoms with Gasteiger partial charge < -0.3 is 19.0 Å². The molecule has 1 aromatic heterocycles. The maximum absolute atomic E-state index is 10.9. The summed E-state index contributed by atoms with van der Waals surface area (Å²) in [7, 11) is 1.64. The van der Waals surface area contributed by atoms with Gasteiger partial charge in [-0.05, 0) is 29.8 Å². The van der Waals surface area contributed by atoms with Gasteiger partial charge in [-0.25, -0.2) is 4.79 Å². The lowest BCUT2D eigenvalue weighted by Gasteiger charge is -2.32. The van der Waals surface area contributed by atoms with Crippen molar-refractivity contribution in [1.82, 2.24) is 4.90 Å². The molecule has 1 aliphatic rings. The lowest BCUT2D eigenvalue weighted by molar-refractivity contribution is -0.0348. The van der Waals surface area contributed by atoms with E-state index in [0.29, 0.717) is 18.9 Å². The summed E-state index contributed by atoms with van der Waals surface area (Å²) >= 11 is 0. The summed E-state index contributed by atoms with van der Waals surface area (Å²) < 4.78 is 16.4. The molecule has 3 rings (SSSR count). The molecule has 6 heteroatoms. The highest BCUT2D eigenvalue weighted by molar-refractivity contribution is 5.84. The number of rotatable bonds is 5. The van der Waals surface area contributed by atoms with Gasteiger partial charge in [0.05, 0.1) is 26.4 Å². The summed E-state index contributed by atoms with van der Waals surface area (Å²) in [6.07, 6.45) is -0.0345. The van der Waals surface area contributed by atoms with E-state index in [-0.39, 0.29) is 11.9 Å². The largest absolute Gasteiger partial charge is 0.497 e. The maximum Gasteiger partial charge on any atom is 0.371 e. The number of benzene rings is 1. The molecule has 1 fully saturated rings. The number of furan rings is 1. The fourth-order valence-corrected chi connectivity index (χ4v) is 2.69. The summed E-state index contributed by atoms with van der Waals surface area (Å²) in [5, 5.41) is 8.90. The van der Waals surface area contributed by atoms with E-state index >= 15 is 0 Å². The van der Waals surface area contributed by atoms with Crippen molar-refractivity contribution < 1.29 is 23.8 Å². The first-order valence-electron chi connectivity index (χ1n) is 7.45. The highest BCUT2D eigenvalue weighted by Gasteiger charge is 2.23. The van der Waals surface area contributed by atoms with Crippen LogP contribution in [-0.2, 0) is 11.3 Å². The third-order valence-corrected chi connectivity index (χ3v) is 3.87. The van der Waals surface area contributed by atoms with Crippen LogP contribution in [0.25, 0.3) is 0 Å². The number of ether oxygens (including phenoxy) is 2. The van der Waals surface area contributed by atoms with Crippen LogP contribution in [0.4, 0.5) is 0 Å². The quantitative estimate of drug-likeness (QED) is 0.914. The van der Waals surface area contributed by atoms with Crippen molar-refractivity contribution in [2.45, 2.75) is 12.6 Å². The maximum atomic E-state index is 10.9. The number of hydrogen-bond acceptors (Lipinski definition) is 5. The zero-order chi connectivity index (χ0) is 16.2. The molecule has 2 heterocycles. The molecule has 1 saturated heterocycles. The second-order valence-electron chi connectivity index (χ2n) is 5.44. The van der Waals surface area contributed by atoms with Gasteiger partial charge in [0.1, 0.15) is 11.5 Å². The first-order valence-corrected chi connectivity index (χ1v) is 7.45. The van der Waals surface area contributed by atoms with Crippen LogP contribution in [0.1, 0.15) is 28.0 Å². The molecule has 1 atom stereocenters. The van der Waals surface area contributed by atoms with Crippen LogP contribution in [-0.4, -0.2) is 42.8 Å². The summed E-state index contributed by atoms with van der Waals surface area (Å²) in [6.45, 7) is 2.69. The van der Waals surface area contributed by atoms with Gasteiger partial charge in [0.15, 0.2) is 0 Å². The number of hydrogen-bond donors (Lipinski definition) is 1. The van der Waals surface area contributed by atoms with E-state index in [4.69, 9.17) is 19.0 Å². The Hall–Kier alpha value is -2.31. The van der Waals surface area contributed by atoms with Gasteiger partial charge in [0.25, 0.3) is 0 Å². The lowest BCUT2D eigenvalue weighted by Crippen LogP contribution is -2.37. The SMILES string of the molecule is COc1cccc(C2CN(Cc3ccc(C(=O)O)o3)CCO2)c1. The van der Waals surface area contributed by atoms with Gasteiger partial charge in [-0.15, -0.1) is 0 Å². The normalized spacial score (nSPS) is 18.7. The Balaban J connectivity index is 1.66. The number of aromatic carboxylic acids is 1. The Labute approximate surface area is 134 Å². The number of nitrogens with zero attached hydrogens (tertiary/aromatic N) is 1. The van der Waals surface area contributed by atoms with E-state index < -0.39 is 5.97 Å². The Bertz CT molecular complexity index is 681. The van der Waals surface area contributed by atoms with Crippen molar-refractivity contribution in [3.8, 4) is 5.75 Å². The van der Waals surface area contributed by atoms with Gasteiger partial charge >= 0.3 is 5.97 Å². The Kier molecular flexibility index (Phi) is 4.64. The minimum Gasteiger partial charge on any atom is -0.497 e. The van der Waals surface area contributed by atoms with E-state index in [0.717, 1.165) is 24.4 Å². The molecule has 0 spiro atoms. The number of carboxylic acid groups (broad SMARTS) is 1. The Morgan fingerprint density at radius 2 is 2.26 bits per heavy atom. The summed E-state index contributed by atoms with van der Waals surface area (Å²) in [5.74, 6) is 0.374. The van der Waals surface area contributed by atoms with Crippen molar-refractivity contribution in [3.05, 3.63) is 53.5 Å². The zero-order valence-electron chi connectivity index (χ0n) is 12.9. The van der Waals surface area contributed by atoms with Crippen molar-refractivity contribution >= 4 is 5.97 Å². The van der Waals surface area contributed by atoms with Gasteiger partial charge in [0, 0.05) is 13.1 Å². The standard InChI is InChI=1S/C17H19NO5/c1-21-13-4-2-3-12(9-13)16-11-18(7-8-22-16)10-14-5-6-15(23-14)17(19)20/h2-6,9,16H,7-8,10-11H2,1H3,(H,19,20). The van der Waals surface area contributed by atoms with Crippen molar-refractivity contribution in [1.29, 1.82) is 0 Å². The summed E-state index contributed by atoms with van der Waals surface area (Å²) in [5.41, 5.74) is 1.07. The molecule has 0 aliphatic carbocycles. The monoisotopic (exact) mass is 317 g/mol. The summed E-state index contributed by atoms with van der Waals surface area (Å²) in [4.78, 5) is 13.1. The molecule has 0 bridgehead atoms. The number of morpholine rings is 1. The Morgan fingerprint density at radius 3 is 3.00 bits per heavy atom. The molecular formula is C17H19NO5. The van der Waals surface area contributed by atoms with Crippen molar-refractivity contribution in [2.75, 3.05) is 26.8 Å². The molecule has 0 amide bonds. The Morgan fingerprint density at radius 1 is 1.39 bits per heavy atom. The molecule has 1 unspecified atom stereocenters. The number of methoxy groups -OCH3 is 1. The van der Waals surface area contributed by atoms with Gasteiger partial charge in [-0.2, -0.15) is 0 Å². The number of carbonyl (C=O) groups is 1. The van der Waals surface area contributed by atoms with Crippen LogP contribution < -0.4 is 4.74 Å². The molecule has 0 radical (unpaired) electrons. The highest BCUT2D eigenvalue weighted by Crippen LogP contribution is 2.26.